The van der Waals surface area contributed by atoms with Crippen LogP contribution >= 0.6 is 7.82 Å². The van der Waals surface area contributed by atoms with Gasteiger partial charge in [-0.1, -0.05) is 142 Å². The van der Waals surface area contributed by atoms with Gasteiger partial charge < -0.3 is 39.9 Å². The van der Waals surface area contributed by atoms with E-state index in [1.165, 1.54) is 89.9 Å². The lowest BCUT2D eigenvalue weighted by Crippen LogP contribution is -2.64. The number of rotatable bonds is 35. The first kappa shape index (κ1) is 51.6. The molecule has 1 aliphatic carbocycles. The molecule has 0 saturated heterocycles. The molecule has 0 bridgehead atoms. The van der Waals surface area contributed by atoms with Gasteiger partial charge in [-0.05, 0) is 38.5 Å². The summed E-state index contributed by atoms with van der Waals surface area (Å²) in [5.41, 5.74) is 0. The average molecular weight is 809 g/mol. The zero-order valence-electron chi connectivity index (χ0n) is 34.0. The fourth-order valence-electron chi connectivity index (χ4n) is 6.58. The lowest BCUT2D eigenvalue weighted by Gasteiger charge is -2.41. The monoisotopic (exact) mass is 809 g/mol. The number of aliphatic hydroxyl groups excluding tert-OH is 5. The van der Waals surface area contributed by atoms with E-state index in [1.807, 2.05) is 0 Å². The first-order valence-corrected chi connectivity index (χ1v) is 23.0. The van der Waals surface area contributed by atoms with Crippen molar-refractivity contribution >= 4 is 19.8 Å². The Morgan fingerprint density at radius 3 is 1.38 bits per heavy atom. The van der Waals surface area contributed by atoms with Gasteiger partial charge in [0.05, 0.1) is 6.61 Å². The standard InChI is InChI=1S/C41H77O13P/c1-3-5-7-9-11-12-13-14-15-16-17-18-19-20-21-22-24-25-27-29-34(42)51-31-33(53-35(43)30-28-26-23-10-8-6-4-2)32-52-55(49,50)54-41-39(47)37(45)36(44)38(46)40(41)48/h14-15,33,36-41,44-48H,3-13,16-32H2,1-2H3,(H,49,50)/b15-14+/t33-,36?,37-,38?,39?,40?,41?/m0/s1. The number of aliphatic hydroxyl groups is 5. The highest BCUT2D eigenvalue weighted by molar-refractivity contribution is 7.47. The molecular weight excluding hydrogens is 731 g/mol. The third-order valence-electron chi connectivity index (χ3n) is 10.1. The fraction of sp³-hybridized carbons (Fsp3) is 0.902. The predicted octanol–water partition coefficient (Wildman–Crippen LogP) is 7.50. The molecule has 1 saturated carbocycles. The summed E-state index contributed by atoms with van der Waals surface area (Å²) in [5.74, 6) is -1.10. The minimum atomic E-state index is -5.10. The molecule has 1 fully saturated rings. The Hall–Kier alpha value is -1.41. The van der Waals surface area contributed by atoms with Gasteiger partial charge in [0.15, 0.2) is 6.10 Å². The maximum Gasteiger partial charge on any atom is 0.472 e. The van der Waals surface area contributed by atoms with Crippen molar-refractivity contribution in [3.8, 4) is 0 Å². The molecule has 0 aromatic carbocycles. The van der Waals surface area contributed by atoms with Crippen LogP contribution in [0.4, 0.5) is 0 Å². The summed E-state index contributed by atoms with van der Waals surface area (Å²) < 4.78 is 33.3. The molecule has 6 N–H and O–H groups in total. The van der Waals surface area contributed by atoms with Gasteiger partial charge in [-0.15, -0.1) is 0 Å². The minimum Gasteiger partial charge on any atom is -0.462 e. The van der Waals surface area contributed by atoms with Crippen LogP contribution in [-0.4, -0.2) is 98.3 Å². The molecule has 6 unspecified atom stereocenters. The van der Waals surface area contributed by atoms with Crippen LogP contribution in [0.5, 0.6) is 0 Å². The molecule has 0 radical (unpaired) electrons. The summed E-state index contributed by atoms with van der Waals surface area (Å²) in [6, 6.07) is 0. The van der Waals surface area contributed by atoms with Gasteiger partial charge in [0, 0.05) is 12.8 Å². The Labute approximate surface area is 331 Å². The van der Waals surface area contributed by atoms with Crippen molar-refractivity contribution in [1.29, 1.82) is 0 Å². The summed E-state index contributed by atoms with van der Waals surface area (Å²) in [6.45, 7) is 3.22. The van der Waals surface area contributed by atoms with Crippen LogP contribution in [0.15, 0.2) is 12.2 Å². The van der Waals surface area contributed by atoms with Gasteiger partial charge in [-0.3, -0.25) is 18.6 Å². The summed E-state index contributed by atoms with van der Waals surface area (Å²) in [7, 11) is -5.10. The smallest absolute Gasteiger partial charge is 0.462 e. The van der Waals surface area contributed by atoms with Gasteiger partial charge >= 0.3 is 19.8 Å². The van der Waals surface area contributed by atoms with Gasteiger partial charge in [0.25, 0.3) is 0 Å². The molecule has 8 atom stereocenters. The largest absolute Gasteiger partial charge is 0.472 e. The van der Waals surface area contributed by atoms with E-state index in [0.29, 0.717) is 12.8 Å². The Morgan fingerprint density at radius 1 is 0.545 bits per heavy atom. The van der Waals surface area contributed by atoms with Crippen molar-refractivity contribution in [1.82, 2.24) is 0 Å². The number of phosphoric acid groups is 1. The number of esters is 2. The first-order chi connectivity index (χ1) is 26.4. The molecule has 55 heavy (non-hydrogen) atoms. The van der Waals surface area contributed by atoms with Crippen LogP contribution in [0.1, 0.15) is 181 Å². The van der Waals surface area contributed by atoms with Crippen molar-refractivity contribution in [2.45, 2.75) is 224 Å². The number of phosphoric ester groups is 1. The summed E-state index contributed by atoms with van der Waals surface area (Å²) >= 11 is 0. The first-order valence-electron chi connectivity index (χ1n) is 21.5. The highest BCUT2D eigenvalue weighted by Gasteiger charge is 2.51. The van der Waals surface area contributed by atoms with Crippen molar-refractivity contribution < 1.29 is 63.1 Å². The molecule has 0 aromatic rings. The quantitative estimate of drug-likeness (QED) is 0.0159. The molecule has 0 heterocycles. The number of unbranched alkanes of at least 4 members (excludes halogenated alkanes) is 21. The molecule has 1 aliphatic rings. The molecule has 324 valence electrons. The van der Waals surface area contributed by atoms with E-state index in [-0.39, 0.29) is 12.8 Å². The third-order valence-corrected chi connectivity index (χ3v) is 11.1. The Balaban J connectivity index is 2.38. The molecule has 0 spiro atoms. The Bertz CT molecular complexity index is 1030. The molecule has 0 aliphatic heterocycles. The maximum absolute atomic E-state index is 12.7. The van der Waals surface area contributed by atoms with Crippen molar-refractivity contribution in [2.75, 3.05) is 13.2 Å². The van der Waals surface area contributed by atoms with Crippen LogP contribution in [0.25, 0.3) is 0 Å². The number of allylic oxidation sites excluding steroid dienone is 2. The lowest BCUT2D eigenvalue weighted by atomic mass is 9.85. The van der Waals surface area contributed by atoms with Gasteiger partial charge in [0.1, 0.15) is 43.2 Å². The number of hydrogen-bond acceptors (Lipinski definition) is 12. The zero-order chi connectivity index (χ0) is 40.7. The molecule has 14 heteroatoms. The Kier molecular flexibility index (Phi) is 30.5. The van der Waals surface area contributed by atoms with E-state index in [0.717, 1.165) is 51.4 Å². The number of hydrogen-bond donors (Lipinski definition) is 6. The van der Waals surface area contributed by atoms with Crippen LogP contribution in [-0.2, 0) is 32.7 Å². The minimum absolute atomic E-state index is 0.0980. The fourth-order valence-corrected chi connectivity index (χ4v) is 7.55. The van der Waals surface area contributed by atoms with E-state index >= 15 is 0 Å². The second kappa shape index (κ2) is 32.5. The van der Waals surface area contributed by atoms with E-state index in [2.05, 4.69) is 26.0 Å². The van der Waals surface area contributed by atoms with E-state index in [4.69, 9.17) is 18.5 Å². The average Bonchev–Trinajstić information content (AvgIpc) is 3.16. The molecule has 13 nitrogen and oxygen atoms in total. The van der Waals surface area contributed by atoms with E-state index in [9.17, 15) is 44.6 Å². The molecule has 0 amide bonds. The topological polar surface area (TPSA) is 210 Å². The highest BCUT2D eigenvalue weighted by Crippen LogP contribution is 2.47. The summed E-state index contributed by atoms with van der Waals surface area (Å²) in [6.07, 6.45) is 18.9. The van der Waals surface area contributed by atoms with Crippen LogP contribution in [0.3, 0.4) is 0 Å². The van der Waals surface area contributed by atoms with Gasteiger partial charge in [-0.2, -0.15) is 0 Å². The van der Waals surface area contributed by atoms with E-state index in [1.54, 1.807) is 0 Å². The van der Waals surface area contributed by atoms with Gasteiger partial charge in [-0.25, -0.2) is 4.57 Å². The SMILES string of the molecule is CCCCCCCC/C=C/CCCCCCCCCCCC(=O)OC[C@@H](COP(=O)(O)OC1C(O)C(O)C(O)[C@H](O)C1O)OC(=O)CCCCCCCCC. The van der Waals surface area contributed by atoms with E-state index < -0.39 is 75.7 Å². The molecular formula is C41H77O13P. The third kappa shape index (κ3) is 25.5. The zero-order valence-corrected chi connectivity index (χ0v) is 34.9. The second-order valence-corrected chi connectivity index (χ2v) is 16.6. The van der Waals surface area contributed by atoms with Crippen LogP contribution in [0, 0.1) is 0 Å². The molecule has 0 aromatic heterocycles. The second-order valence-electron chi connectivity index (χ2n) is 15.2. The predicted molar refractivity (Wildman–Crippen MR) is 212 cm³/mol. The normalized spacial score (nSPS) is 23.1. The van der Waals surface area contributed by atoms with Crippen LogP contribution in [0.2, 0.25) is 0 Å². The van der Waals surface area contributed by atoms with Crippen molar-refractivity contribution in [3.63, 3.8) is 0 Å². The molecule has 1 rings (SSSR count). The van der Waals surface area contributed by atoms with Gasteiger partial charge in [0.2, 0.25) is 0 Å². The summed E-state index contributed by atoms with van der Waals surface area (Å²) in [5, 5.41) is 49.9. The maximum atomic E-state index is 12.7. The number of carbonyl (C=O) groups excluding carboxylic acids is 2. The Morgan fingerprint density at radius 2 is 0.927 bits per heavy atom. The summed E-state index contributed by atoms with van der Waals surface area (Å²) in [4.78, 5) is 35.4. The highest BCUT2D eigenvalue weighted by atomic mass is 31.2. The lowest BCUT2D eigenvalue weighted by molar-refractivity contribution is -0.220. The van der Waals surface area contributed by atoms with Crippen molar-refractivity contribution in [2.24, 2.45) is 0 Å². The van der Waals surface area contributed by atoms with Crippen molar-refractivity contribution in [3.05, 3.63) is 12.2 Å². The number of ether oxygens (including phenoxy) is 2. The van der Waals surface area contributed by atoms with Crippen LogP contribution < -0.4 is 0 Å². The number of carbonyl (C=O) groups is 2.